The Bertz CT molecular complexity index is 434. The predicted octanol–water partition coefficient (Wildman–Crippen LogP) is 3.57. The van der Waals surface area contributed by atoms with Crippen LogP contribution in [-0.2, 0) is 0 Å². The van der Waals surface area contributed by atoms with Crippen molar-refractivity contribution < 1.29 is 0 Å². The monoisotopic (exact) mass is 322 g/mol. The Morgan fingerprint density at radius 3 is 2.42 bits per heavy atom. The quantitative estimate of drug-likeness (QED) is 0.921. The molecule has 4 unspecified atom stereocenters. The summed E-state index contributed by atoms with van der Waals surface area (Å²) in [5, 5.41) is 0. The topological polar surface area (TPSA) is 29.3 Å². The molecule has 1 aliphatic heterocycles. The number of benzene rings is 1. The van der Waals surface area contributed by atoms with Gasteiger partial charge in [-0.3, -0.25) is 4.90 Å². The van der Waals surface area contributed by atoms with Gasteiger partial charge in [0.25, 0.3) is 0 Å². The SMILES string of the molecule is CC(N)C(c1ccccc1Br)N1CC2CCCC2C1. The van der Waals surface area contributed by atoms with E-state index in [-0.39, 0.29) is 6.04 Å². The van der Waals surface area contributed by atoms with Crippen molar-refractivity contribution in [2.45, 2.75) is 38.3 Å². The molecule has 1 saturated heterocycles. The number of rotatable bonds is 3. The Labute approximate surface area is 124 Å². The summed E-state index contributed by atoms with van der Waals surface area (Å²) in [6.45, 7) is 4.61. The zero-order chi connectivity index (χ0) is 13.4. The second-order valence-corrected chi connectivity index (χ2v) is 7.08. The minimum absolute atomic E-state index is 0.164. The lowest BCUT2D eigenvalue weighted by atomic mass is 9.99. The van der Waals surface area contributed by atoms with E-state index in [0.717, 1.165) is 11.8 Å². The third-order valence-electron chi connectivity index (χ3n) is 4.87. The highest BCUT2D eigenvalue weighted by molar-refractivity contribution is 9.10. The molecular weight excluding hydrogens is 300 g/mol. The summed E-state index contributed by atoms with van der Waals surface area (Å²) in [5.41, 5.74) is 7.65. The Morgan fingerprint density at radius 2 is 1.84 bits per heavy atom. The first-order valence-electron chi connectivity index (χ1n) is 7.41. The maximum Gasteiger partial charge on any atom is 0.0507 e. The minimum atomic E-state index is 0.164. The first-order chi connectivity index (χ1) is 9.16. The van der Waals surface area contributed by atoms with Crippen molar-refractivity contribution in [3.05, 3.63) is 34.3 Å². The number of halogens is 1. The van der Waals surface area contributed by atoms with Crippen molar-refractivity contribution in [1.29, 1.82) is 0 Å². The van der Waals surface area contributed by atoms with Crippen molar-refractivity contribution in [3.8, 4) is 0 Å². The van der Waals surface area contributed by atoms with Gasteiger partial charge in [-0.1, -0.05) is 40.5 Å². The van der Waals surface area contributed by atoms with E-state index in [1.54, 1.807) is 0 Å². The van der Waals surface area contributed by atoms with Crippen LogP contribution in [0.1, 0.15) is 37.8 Å². The molecule has 3 rings (SSSR count). The van der Waals surface area contributed by atoms with Crippen LogP contribution in [0.4, 0.5) is 0 Å². The normalized spacial score (nSPS) is 30.3. The fourth-order valence-electron chi connectivity index (χ4n) is 4.03. The fraction of sp³-hybridized carbons (Fsp3) is 0.625. The van der Waals surface area contributed by atoms with Gasteiger partial charge in [0.2, 0.25) is 0 Å². The number of hydrogen-bond donors (Lipinski definition) is 1. The van der Waals surface area contributed by atoms with Crippen LogP contribution in [0, 0.1) is 11.8 Å². The zero-order valence-corrected chi connectivity index (χ0v) is 13.1. The van der Waals surface area contributed by atoms with Gasteiger partial charge in [-0.05, 0) is 43.2 Å². The molecule has 0 radical (unpaired) electrons. The predicted molar refractivity (Wildman–Crippen MR) is 82.9 cm³/mol. The average Bonchev–Trinajstić information content (AvgIpc) is 2.92. The molecule has 0 amide bonds. The molecule has 0 aromatic heterocycles. The van der Waals surface area contributed by atoms with Crippen molar-refractivity contribution in [3.63, 3.8) is 0 Å². The number of fused-ring (bicyclic) bond motifs is 1. The highest BCUT2D eigenvalue weighted by Crippen LogP contribution is 2.42. The molecule has 1 aromatic carbocycles. The van der Waals surface area contributed by atoms with Gasteiger partial charge in [-0.2, -0.15) is 0 Å². The Kier molecular flexibility index (Phi) is 3.97. The highest BCUT2D eigenvalue weighted by atomic mass is 79.9. The summed E-state index contributed by atoms with van der Waals surface area (Å²) in [6.07, 6.45) is 4.27. The van der Waals surface area contributed by atoms with Crippen LogP contribution >= 0.6 is 15.9 Å². The second-order valence-electron chi connectivity index (χ2n) is 6.23. The number of hydrogen-bond acceptors (Lipinski definition) is 2. The molecule has 2 N–H and O–H groups in total. The lowest BCUT2D eigenvalue weighted by Gasteiger charge is -2.32. The highest BCUT2D eigenvalue weighted by Gasteiger charge is 2.40. The van der Waals surface area contributed by atoms with Crippen LogP contribution in [-0.4, -0.2) is 24.0 Å². The van der Waals surface area contributed by atoms with E-state index in [1.165, 1.54) is 42.4 Å². The summed E-state index contributed by atoms with van der Waals surface area (Å²) in [6, 6.07) is 9.05. The van der Waals surface area contributed by atoms with Crippen molar-refractivity contribution in [2.75, 3.05) is 13.1 Å². The lowest BCUT2D eigenvalue weighted by Crippen LogP contribution is -2.39. The van der Waals surface area contributed by atoms with Crippen molar-refractivity contribution in [1.82, 2.24) is 4.90 Å². The van der Waals surface area contributed by atoms with E-state index in [1.807, 2.05) is 0 Å². The summed E-state index contributed by atoms with van der Waals surface area (Å²) >= 11 is 3.69. The first-order valence-corrected chi connectivity index (χ1v) is 8.20. The van der Waals surface area contributed by atoms with Crippen LogP contribution in [0.5, 0.6) is 0 Å². The van der Waals surface area contributed by atoms with Crippen LogP contribution in [0.3, 0.4) is 0 Å². The standard InChI is InChI=1S/C16H23BrN2/c1-11(18)16(14-7-2-3-8-15(14)17)19-9-12-5-4-6-13(12)10-19/h2-3,7-8,11-13,16H,4-6,9-10,18H2,1H3. The van der Waals surface area contributed by atoms with Crippen LogP contribution < -0.4 is 5.73 Å². The average molecular weight is 323 g/mol. The maximum atomic E-state index is 6.31. The molecule has 2 fully saturated rings. The second kappa shape index (κ2) is 5.55. The van der Waals surface area contributed by atoms with Gasteiger partial charge in [0, 0.05) is 23.6 Å². The van der Waals surface area contributed by atoms with Crippen molar-refractivity contribution >= 4 is 15.9 Å². The van der Waals surface area contributed by atoms with E-state index in [0.29, 0.717) is 6.04 Å². The maximum absolute atomic E-state index is 6.31. The third-order valence-corrected chi connectivity index (χ3v) is 5.59. The molecule has 0 spiro atoms. The molecule has 104 valence electrons. The number of nitrogens with zero attached hydrogens (tertiary/aromatic N) is 1. The van der Waals surface area contributed by atoms with Crippen LogP contribution in [0.25, 0.3) is 0 Å². The molecule has 1 aliphatic carbocycles. The Hall–Kier alpha value is -0.380. The molecule has 0 bridgehead atoms. The van der Waals surface area contributed by atoms with Gasteiger partial charge in [-0.15, -0.1) is 0 Å². The summed E-state index contributed by atoms with van der Waals surface area (Å²) in [7, 11) is 0. The van der Waals surface area contributed by atoms with Gasteiger partial charge < -0.3 is 5.73 Å². The third kappa shape index (κ3) is 2.61. The molecular formula is C16H23BrN2. The minimum Gasteiger partial charge on any atom is -0.326 e. The number of nitrogens with two attached hydrogens (primary N) is 1. The molecule has 19 heavy (non-hydrogen) atoms. The molecule has 4 atom stereocenters. The molecule has 1 aromatic rings. The van der Waals surface area contributed by atoms with E-state index in [4.69, 9.17) is 5.73 Å². The summed E-state index contributed by atoms with van der Waals surface area (Å²) in [4.78, 5) is 2.62. The molecule has 2 nitrogen and oxygen atoms in total. The van der Waals surface area contributed by atoms with Crippen LogP contribution in [0.2, 0.25) is 0 Å². The summed E-state index contributed by atoms with van der Waals surface area (Å²) < 4.78 is 1.19. The molecule has 3 heteroatoms. The lowest BCUT2D eigenvalue weighted by molar-refractivity contribution is 0.202. The van der Waals surface area contributed by atoms with Gasteiger partial charge in [0.05, 0.1) is 6.04 Å². The van der Waals surface area contributed by atoms with E-state index < -0.39 is 0 Å². The number of likely N-dealkylation sites (tertiary alicyclic amines) is 1. The zero-order valence-electron chi connectivity index (χ0n) is 11.6. The van der Waals surface area contributed by atoms with E-state index >= 15 is 0 Å². The van der Waals surface area contributed by atoms with Crippen molar-refractivity contribution in [2.24, 2.45) is 17.6 Å². The Balaban J connectivity index is 1.84. The first kappa shape index (κ1) is 13.6. The van der Waals surface area contributed by atoms with E-state index in [2.05, 4.69) is 52.0 Å². The summed E-state index contributed by atoms with van der Waals surface area (Å²) in [5.74, 6) is 1.84. The molecule has 1 heterocycles. The van der Waals surface area contributed by atoms with Gasteiger partial charge in [0.15, 0.2) is 0 Å². The largest absolute Gasteiger partial charge is 0.326 e. The fourth-order valence-corrected chi connectivity index (χ4v) is 4.55. The van der Waals surface area contributed by atoms with Gasteiger partial charge in [-0.25, -0.2) is 0 Å². The van der Waals surface area contributed by atoms with Gasteiger partial charge >= 0.3 is 0 Å². The van der Waals surface area contributed by atoms with E-state index in [9.17, 15) is 0 Å². The molecule has 2 aliphatic rings. The van der Waals surface area contributed by atoms with Gasteiger partial charge in [0.1, 0.15) is 0 Å². The molecule has 1 saturated carbocycles. The smallest absolute Gasteiger partial charge is 0.0507 e. The Morgan fingerprint density at radius 1 is 1.21 bits per heavy atom. The van der Waals surface area contributed by atoms with Crippen LogP contribution in [0.15, 0.2) is 28.7 Å².